The van der Waals surface area contributed by atoms with Crippen LogP contribution in [-0.2, 0) is 4.79 Å². The first-order valence-electron chi connectivity index (χ1n) is 7.98. The summed E-state index contributed by atoms with van der Waals surface area (Å²) in [5.41, 5.74) is 0.633. The van der Waals surface area contributed by atoms with E-state index in [2.05, 4.69) is 5.32 Å². The van der Waals surface area contributed by atoms with E-state index in [1.54, 1.807) is 23.1 Å². The molecule has 124 valence electrons. The summed E-state index contributed by atoms with van der Waals surface area (Å²) >= 11 is 0. The third kappa shape index (κ3) is 3.46. The average molecular weight is 320 g/mol. The number of carbonyl (C=O) groups excluding carboxylic acids is 1. The first kappa shape index (κ1) is 15.8. The largest absolute Gasteiger partial charge is 0.481 e. The minimum Gasteiger partial charge on any atom is -0.481 e. The van der Waals surface area contributed by atoms with Crippen LogP contribution < -0.4 is 5.32 Å². The van der Waals surface area contributed by atoms with Gasteiger partial charge in [-0.3, -0.25) is 4.79 Å². The monoisotopic (exact) mass is 320 g/mol. The number of benzene rings is 1. The van der Waals surface area contributed by atoms with Crippen molar-refractivity contribution in [2.75, 3.05) is 13.1 Å². The Hall–Kier alpha value is -2.11. The van der Waals surface area contributed by atoms with E-state index in [1.165, 1.54) is 6.07 Å². The van der Waals surface area contributed by atoms with Crippen molar-refractivity contribution in [3.05, 3.63) is 35.6 Å². The van der Waals surface area contributed by atoms with Crippen LogP contribution in [-0.4, -0.2) is 41.1 Å². The molecule has 3 rings (SSSR count). The molecule has 1 aromatic carbocycles. The fourth-order valence-corrected chi connectivity index (χ4v) is 3.42. The number of rotatable bonds is 3. The van der Waals surface area contributed by atoms with Crippen molar-refractivity contribution in [3.63, 3.8) is 0 Å². The van der Waals surface area contributed by atoms with Gasteiger partial charge in [0.1, 0.15) is 5.82 Å². The normalized spacial score (nSPS) is 29.9. The van der Waals surface area contributed by atoms with Crippen molar-refractivity contribution in [1.29, 1.82) is 0 Å². The molecule has 0 spiro atoms. The molecule has 0 bridgehead atoms. The van der Waals surface area contributed by atoms with Gasteiger partial charge in [0.25, 0.3) is 0 Å². The highest BCUT2D eigenvalue weighted by Crippen LogP contribution is 2.42. The van der Waals surface area contributed by atoms with E-state index in [1.807, 2.05) is 6.92 Å². The predicted octanol–water partition coefficient (Wildman–Crippen LogP) is 2.43. The smallest absolute Gasteiger partial charge is 0.317 e. The molecule has 1 saturated heterocycles. The molecule has 2 amide bonds. The van der Waals surface area contributed by atoms with Gasteiger partial charge in [0.05, 0.1) is 5.92 Å². The van der Waals surface area contributed by atoms with Gasteiger partial charge < -0.3 is 15.3 Å². The Balaban J connectivity index is 1.58. The highest BCUT2D eigenvalue weighted by atomic mass is 19.1. The van der Waals surface area contributed by atoms with Crippen LogP contribution in [0.2, 0.25) is 0 Å². The molecule has 1 aliphatic carbocycles. The lowest BCUT2D eigenvalue weighted by Gasteiger charge is -2.34. The molecule has 1 aromatic rings. The van der Waals surface area contributed by atoms with Gasteiger partial charge in [-0.25, -0.2) is 9.18 Å². The summed E-state index contributed by atoms with van der Waals surface area (Å²) in [6, 6.07) is 6.30. The number of carboxylic acids is 1. The lowest BCUT2D eigenvalue weighted by Crippen LogP contribution is -2.50. The van der Waals surface area contributed by atoms with E-state index in [0.717, 1.165) is 6.42 Å². The molecule has 0 radical (unpaired) electrons. The van der Waals surface area contributed by atoms with E-state index in [-0.39, 0.29) is 36.3 Å². The maximum absolute atomic E-state index is 13.7. The second kappa shape index (κ2) is 6.18. The number of likely N-dealkylation sites (tertiary alicyclic amines) is 1. The number of carboxylic acid groups (broad SMARTS) is 1. The Bertz CT molecular complexity index is 622. The fraction of sp³-hybridized carbons (Fsp3) is 0.529. The van der Waals surface area contributed by atoms with Crippen molar-refractivity contribution in [1.82, 2.24) is 10.2 Å². The van der Waals surface area contributed by atoms with Gasteiger partial charge >= 0.3 is 12.0 Å². The Morgan fingerprint density at radius 2 is 2.00 bits per heavy atom. The molecule has 5 nitrogen and oxygen atoms in total. The molecular weight excluding hydrogens is 299 g/mol. The summed E-state index contributed by atoms with van der Waals surface area (Å²) in [6.07, 6.45) is 1.32. The second-order valence-electron chi connectivity index (χ2n) is 6.70. The lowest BCUT2D eigenvalue weighted by atomic mass is 9.91. The maximum atomic E-state index is 13.7. The minimum atomic E-state index is -0.856. The van der Waals surface area contributed by atoms with Gasteiger partial charge in [-0.2, -0.15) is 0 Å². The van der Waals surface area contributed by atoms with E-state index in [4.69, 9.17) is 0 Å². The van der Waals surface area contributed by atoms with Crippen molar-refractivity contribution < 1.29 is 19.1 Å². The molecule has 1 heterocycles. The molecule has 23 heavy (non-hydrogen) atoms. The summed E-state index contributed by atoms with van der Waals surface area (Å²) in [5.74, 6) is -1.43. The van der Waals surface area contributed by atoms with Gasteiger partial charge in [-0.05, 0) is 30.4 Å². The first-order valence-corrected chi connectivity index (χ1v) is 7.98. The highest BCUT2D eigenvalue weighted by Gasteiger charge is 2.42. The molecule has 2 unspecified atom stereocenters. The third-order valence-electron chi connectivity index (χ3n) is 4.70. The zero-order valence-electron chi connectivity index (χ0n) is 13.0. The number of amides is 2. The molecule has 1 saturated carbocycles. The zero-order valence-corrected chi connectivity index (χ0v) is 13.0. The second-order valence-corrected chi connectivity index (χ2v) is 6.70. The molecule has 6 heteroatoms. The fourth-order valence-electron chi connectivity index (χ4n) is 3.42. The average Bonchev–Trinajstić information content (AvgIpc) is 3.26. The van der Waals surface area contributed by atoms with Crippen molar-refractivity contribution in [3.8, 4) is 0 Å². The number of aliphatic carboxylic acids is 1. The van der Waals surface area contributed by atoms with Crippen LogP contribution in [0.4, 0.5) is 9.18 Å². The lowest BCUT2D eigenvalue weighted by molar-refractivity contribution is -0.143. The predicted molar refractivity (Wildman–Crippen MR) is 82.6 cm³/mol. The van der Waals surface area contributed by atoms with Gasteiger partial charge in [-0.1, -0.05) is 25.1 Å². The van der Waals surface area contributed by atoms with Crippen molar-refractivity contribution in [2.45, 2.75) is 31.7 Å². The zero-order chi connectivity index (χ0) is 16.6. The maximum Gasteiger partial charge on any atom is 0.317 e. The third-order valence-corrected chi connectivity index (χ3v) is 4.70. The minimum absolute atomic E-state index is 0.0117. The van der Waals surface area contributed by atoms with Gasteiger partial charge in [0, 0.05) is 25.0 Å². The van der Waals surface area contributed by atoms with Crippen molar-refractivity contribution >= 4 is 12.0 Å². The van der Waals surface area contributed by atoms with Crippen molar-refractivity contribution in [2.24, 2.45) is 11.8 Å². The molecular formula is C17H21FN2O3. The van der Waals surface area contributed by atoms with Gasteiger partial charge in [0.15, 0.2) is 0 Å². The van der Waals surface area contributed by atoms with E-state index < -0.39 is 11.9 Å². The SMILES string of the molecule is CC1CC(C(=O)O)CN(C(=O)N[C@@H]2C[C@H]2c2ccccc2F)C1. The summed E-state index contributed by atoms with van der Waals surface area (Å²) in [5, 5.41) is 12.1. The molecule has 1 aliphatic heterocycles. The Kier molecular flexibility index (Phi) is 4.24. The number of urea groups is 1. The summed E-state index contributed by atoms with van der Waals surface area (Å²) in [6.45, 7) is 2.75. The van der Waals surface area contributed by atoms with Gasteiger partial charge in [0.2, 0.25) is 0 Å². The van der Waals surface area contributed by atoms with Crippen LogP contribution in [0.25, 0.3) is 0 Å². The molecule has 2 fully saturated rings. The first-order chi connectivity index (χ1) is 11.0. The van der Waals surface area contributed by atoms with Crippen LogP contribution in [0.5, 0.6) is 0 Å². The van der Waals surface area contributed by atoms with E-state index in [0.29, 0.717) is 18.5 Å². The Morgan fingerprint density at radius 3 is 2.70 bits per heavy atom. The van der Waals surface area contributed by atoms with Crippen LogP contribution in [0.1, 0.15) is 31.2 Å². The quantitative estimate of drug-likeness (QED) is 0.899. The number of nitrogens with one attached hydrogen (secondary N) is 1. The number of piperidine rings is 1. The summed E-state index contributed by atoms with van der Waals surface area (Å²) in [4.78, 5) is 25.1. The topological polar surface area (TPSA) is 69.6 Å². The number of hydrogen-bond acceptors (Lipinski definition) is 2. The van der Waals surface area contributed by atoms with Crippen LogP contribution in [0.15, 0.2) is 24.3 Å². The van der Waals surface area contributed by atoms with E-state index in [9.17, 15) is 19.1 Å². The molecule has 2 N–H and O–H groups in total. The number of nitrogens with zero attached hydrogens (tertiary/aromatic N) is 1. The summed E-state index contributed by atoms with van der Waals surface area (Å²) in [7, 11) is 0. The van der Waals surface area contributed by atoms with Crippen LogP contribution in [0, 0.1) is 17.7 Å². The molecule has 4 atom stereocenters. The van der Waals surface area contributed by atoms with Crippen LogP contribution >= 0.6 is 0 Å². The Labute approximate surface area is 134 Å². The number of halogens is 1. The standard InChI is InChI=1S/C17H21FN2O3/c1-10-6-11(16(21)22)9-20(8-10)17(23)19-15-7-13(15)12-4-2-3-5-14(12)18/h2-5,10-11,13,15H,6-9H2,1H3,(H,19,23)(H,21,22)/t10?,11?,13-,15+/m0/s1. The molecule has 0 aromatic heterocycles. The summed E-state index contributed by atoms with van der Waals surface area (Å²) < 4.78 is 13.7. The Morgan fingerprint density at radius 1 is 1.26 bits per heavy atom. The van der Waals surface area contributed by atoms with Gasteiger partial charge in [-0.15, -0.1) is 0 Å². The highest BCUT2D eigenvalue weighted by molar-refractivity contribution is 5.77. The number of hydrogen-bond donors (Lipinski definition) is 2. The van der Waals surface area contributed by atoms with E-state index >= 15 is 0 Å². The molecule has 2 aliphatic rings. The van der Waals surface area contributed by atoms with Crippen LogP contribution in [0.3, 0.4) is 0 Å². The number of carbonyl (C=O) groups is 2.